The first kappa shape index (κ1) is 16.1. The number of anilines is 2. The van der Waals surface area contributed by atoms with Crippen LogP contribution in [0.2, 0.25) is 0 Å². The number of ether oxygens (including phenoxy) is 1. The van der Waals surface area contributed by atoms with Crippen molar-refractivity contribution in [1.29, 1.82) is 5.26 Å². The summed E-state index contributed by atoms with van der Waals surface area (Å²) in [7, 11) is 0. The van der Waals surface area contributed by atoms with Crippen molar-refractivity contribution < 1.29 is 9.13 Å². The van der Waals surface area contributed by atoms with Crippen LogP contribution in [0.1, 0.15) is 34.1 Å². The molecule has 0 saturated heterocycles. The maximum atomic E-state index is 13.8. The zero-order chi connectivity index (χ0) is 15.3. The maximum Gasteiger partial charge on any atom is 0.167 e. The third-order valence-electron chi connectivity index (χ3n) is 2.84. The molecule has 1 aromatic rings. The first-order chi connectivity index (χ1) is 9.36. The molecular weight excluding hydrogens is 257 g/mol. The van der Waals surface area contributed by atoms with Crippen LogP contribution in [-0.4, -0.2) is 18.7 Å². The van der Waals surface area contributed by atoms with Gasteiger partial charge < -0.3 is 15.4 Å². The number of halogens is 1. The van der Waals surface area contributed by atoms with Crippen LogP contribution in [0.3, 0.4) is 0 Å². The van der Waals surface area contributed by atoms with Crippen LogP contribution in [-0.2, 0) is 0 Å². The van der Waals surface area contributed by atoms with Crippen LogP contribution in [0.15, 0.2) is 12.1 Å². The Bertz CT molecular complexity index is 495. The SMILES string of the molecule is CC(C)Oc1cc(N(CCC#N)C(C)C)c(N)cc1F. The Balaban J connectivity index is 3.17. The third kappa shape index (κ3) is 4.02. The Morgan fingerprint density at radius 2 is 2.00 bits per heavy atom. The third-order valence-corrected chi connectivity index (χ3v) is 2.84. The zero-order valence-corrected chi connectivity index (χ0v) is 12.5. The Hall–Kier alpha value is -1.96. The van der Waals surface area contributed by atoms with E-state index in [2.05, 4.69) is 6.07 Å². The van der Waals surface area contributed by atoms with E-state index in [9.17, 15) is 4.39 Å². The molecule has 0 spiro atoms. The number of nitriles is 1. The molecule has 1 rings (SSSR count). The molecule has 4 nitrogen and oxygen atoms in total. The van der Waals surface area contributed by atoms with Crippen LogP contribution >= 0.6 is 0 Å². The Labute approximate surface area is 119 Å². The van der Waals surface area contributed by atoms with E-state index in [4.69, 9.17) is 15.7 Å². The van der Waals surface area contributed by atoms with Crippen molar-refractivity contribution >= 4 is 11.4 Å². The molecule has 0 saturated carbocycles. The minimum atomic E-state index is -0.469. The second-order valence-corrected chi connectivity index (χ2v) is 5.20. The predicted molar refractivity (Wildman–Crippen MR) is 79.3 cm³/mol. The van der Waals surface area contributed by atoms with Crippen molar-refractivity contribution in [3.63, 3.8) is 0 Å². The van der Waals surface area contributed by atoms with Crippen LogP contribution in [0.4, 0.5) is 15.8 Å². The van der Waals surface area contributed by atoms with Gasteiger partial charge in [-0.1, -0.05) is 0 Å². The van der Waals surface area contributed by atoms with Gasteiger partial charge in [0.25, 0.3) is 0 Å². The molecule has 0 radical (unpaired) electrons. The summed E-state index contributed by atoms with van der Waals surface area (Å²) >= 11 is 0. The van der Waals surface area contributed by atoms with Gasteiger partial charge in [-0.15, -0.1) is 0 Å². The van der Waals surface area contributed by atoms with Crippen molar-refractivity contribution in [3.8, 4) is 11.8 Å². The summed E-state index contributed by atoms with van der Waals surface area (Å²) in [6.45, 7) is 8.23. The summed E-state index contributed by atoms with van der Waals surface area (Å²) in [5, 5.41) is 8.74. The average Bonchev–Trinajstić information content (AvgIpc) is 2.33. The second kappa shape index (κ2) is 6.99. The topological polar surface area (TPSA) is 62.3 Å². The summed E-state index contributed by atoms with van der Waals surface area (Å²) in [6.07, 6.45) is 0.266. The number of nitrogens with zero attached hydrogens (tertiary/aromatic N) is 2. The monoisotopic (exact) mass is 279 g/mol. The number of hydrogen-bond acceptors (Lipinski definition) is 4. The molecule has 5 heteroatoms. The number of rotatable bonds is 6. The molecule has 0 aliphatic heterocycles. The van der Waals surface area contributed by atoms with E-state index in [1.165, 1.54) is 6.07 Å². The van der Waals surface area contributed by atoms with E-state index in [1.807, 2.05) is 32.6 Å². The average molecular weight is 279 g/mol. The normalized spacial score (nSPS) is 10.7. The number of hydrogen-bond donors (Lipinski definition) is 1. The van der Waals surface area contributed by atoms with E-state index < -0.39 is 5.82 Å². The molecule has 0 aliphatic carbocycles. The molecule has 2 N–H and O–H groups in total. The van der Waals surface area contributed by atoms with E-state index in [1.54, 1.807) is 6.07 Å². The Morgan fingerprint density at radius 1 is 1.35 bits per heavy atom. The smallest absolute Gasteiger partial charge is 0.167 e. The lowest BCUT2D eigenvalue weighted by Crippen LogP contribution is -2.32. The van der Waals surface area contributed by atoms with Gasteiger partial charge in [-0.3, -0.25) is 0 Å². The lowest BCUT2D eigenvalue weighted by atomic mass is 10.1. The first-order valence-electron chi connectivity index (χ1n) is 6.76. The van der Waals surface area contributed by atoms with Crippen molar-refractivity contribution in [2.45, 2.75) is 46.3 Å². The highest BCUT2D eigenvalue weighted by molar-refractivity contribution is 5.70. The minimum absolute atomic E-state index is 0.118. The van der Waals surface area contributed by atoms with Gasteiger partial charge >= 0.3 is 0 Å². The fraction of sp³-hybridized carbons (Fsp3) is 0.533. The molecule has 1 aromatic carbocycles. The maximum absolute atomic E-state index is 13.8. The second-order valence-electron chi connectivity index (χ2n) is 5.20. The van der Waals surface area contributed by atoms with Crippen LogP contribution in [0.5, 0.6) is 5.75 Å². The molecule has 0 heterocycles. The summed E-state index contributed by atoms with van der Waals surface area (Å²) in [6, 6.07) is 5.15. The lowest BCUT2D eigenvalue weighted by molar-refractivity contribution is 0.231. The van der Waals surface area contributed by atoms with Gasteiger partial charge in [0, 0.05) is 24.7 Å². The van der Waals surface area contributed by atoms with Crippen molar-refractivity contribution in [1.82, 2.24) is 0 Å². The molecule has 0 unspecified atom stereocenters. The fourth-order valence-corrected chi connectivity index (χ4v) is 1.98. The molecule has 0 atom stereocenters. The number of nitrogen functional groups attached to an aromatic ring is 1. The quantitative estimate of drug-likeness (QED) is 0.811. The molecule has 0 fully saturated rings. The standard InChI is InChI=1S/C15H22FN3O/c1-10(2)19(7-5-6-17)14-9-15(20-11(3)4)12(16)8-13(14)18/h8-11H,5,7,18H2,1-4H3. The summed E-state index contributed by atoms with van der Waals surface area (Å²) in [5.41, 5.74) is 6.96. The largest absolute Gasteiger partial charge is 0.488 e. The summed E-state index contributed by atoms with van der Waals surface area (Å²) < 4.78 is 19.3. The molecule has 0 amide bonds. The van der Waals surface area contributed by atoms with Crippen LogP contribution in [0, 0.1) is 17.1 Å². The van der Waals surface area contributed by atoms with E-state index in [0.717, 1.165) is 0 Å². The van der Waals surface area contributed by atoms with Gasteiger partial charge in [0.2, 0.25) is 0 Å². The van der Waals surface area contributed by atoms with Crippen LogP contribution in [0.25, 0.3) is 0 Å². The predicted octanol–water partition coefficient (Wildman–Crippen LogP) is 3.32. The Kier molecular flexibility index (Phi) is 5.63. The van der Waals surface area contributed by atoms with E-state index in [0.29, 0.717) is 24.3 Å². The van der Waals surface area contributed by atoms with Crippen molar-refractivity contribution in [2.24, 2.45) is 0 Å². The zero-order valence-electron chi connectivity index (χ0n) is 12.5. The van der Waals surface area contributed by atoms with E-state index >= 15 is 0 Å². The highest BCUT2D eigenvalue weighted by Crippen LogP contribution is 2.32. The highest BCUT2D eigenvalue weighted by atomic mass is 19.1. The molecule has 110 valence electrons. The first-order valence-corrected chi connectivity index (χ1v) is 6.76. The fourth-order valence-electron chi connectivity index (χ4n) is 1.98. The summed E-state index contributed by atoms with van der Waals surface area (Å²) in [5.74, 6) is -0.282. The molecule has 20 heavy (non-hydrogen) atoms. The van der Waals surface area contributed by atoms with Crippen LogP contribution < -0.4 is 15.4 Å². The lowest BCUT2D eigenvalue weighted by Gasteiger charge is -2.30. The van der Waals surface area contributed by atoms with Gasteiger partial charge in [0.1, 0.15) is 0 Å². The molecular formula is C15H22FN3O. The molecule has 0 bridgehead atoms. The van der Waals surface area contributed by atoms with Gasteiger partial charge in [-0.2, -0.15) is 5.26 Å². The van der Waals surface area contributed by atoms with Gasteiger partial charge in [-0.05, 0) is 27.7 Å². The minimum Gasteiger partial charge on any atom is -0.488 e. The van der Waals surface area contributed by atoms with Crippen molar-refractivity contribution in [3.05, 3.63) is 17.9 Å². The van der Waals surface area contributed by atoms with E-state index in [-0.39, 0.29) is 17.9 Å². The van der Waals surface area contributed by atoms with Gasteiger partial charge in [0.15, 0.2) is 11.6 Å². The summed E-state index contributed by atoms with van der Waals surface area (Å²) in [4.78, 5) is 1.98. The molecule has 0 aromatic heterocycles. The molecule has 0 aliphatic rings. The number of nitrogens with two attached hydrogens (primary N) is 1. The number of benzene rings is 1. The van der Waals surface area contributed by atoms with Gasteiger partial charge in [-0.25, -0.2) is 4.39 Å². The highest BCUT2D eigenvalue weighted by Gasteiger charge is 2.17. The Morgan fingerprint density at radius 3 is 2.50 bits per heavy atom. The van der Waals surface area contributed by atoms with Gasteiger partial charge in [0.05, 0.1) is 30.0 Å². The van der Waals surface area contributed by atoms with Crippen molar-refractivity contribution in [2.75, 3.05) is 17.2 Å².